The number of benzene rings is 2. The molecule has 0 aliphatic heterocycles. The molecular weight excluding hydrogens is 424 g/mol. The van der Waals surface area contributed by atoms with Crippen molar-refractivity contribution in [1.29, 1.82) is 5.26 Å². The van der Waals surface area contributed by atoms with Crippen LogP contribution in [0.1, 0.15) is 91.7 Å². The lowest BCUT2D eigenvalue weighted by molar-refractivity contribution is -0.143. The van der Waals surface area contributed by atoms with Crippen LogP contribution in [0.4, 0.5) is 0 Å². The number of fused-ring (bicyclic) bond motifs is 3. The summed E-state index contributed by atoms with van der Waals surface area (Å²) >= 11 is 0. The second-order valence-electron chi connectivity index (χ2n) is 9.63. The van der Waals surface area contributed by atoms with Gasteiger partial charge in [0.1, 0.15) is 12.4 Å². The Kier molecular flexibility index (Phi) is 6.58. The smallest absolute Gasteiger partial charge is 0.306 e. The summed E-state index contributed by atoms with van der Waals surface area (Å²) in [5.41, 5.74) is 6.54. The Balaban J connectivity index is 1.29. The first-order valence-corrected chi connectivity index (χ1v) is 12.6. The van der Waals surface area contributed by atoms with Gasteiger partial charge in [0.05, 0.1) is 24.7 Å². The Labute approximate surface area is 201 Å². The fourth-order valence-electron chi connectivity index (χ4n) is 5.77. The molecule has 0 amide bonds. The van der Waals surface area contributed by atoms with Gasteiger partial charge in [0.2, 0.25) is 0 Å². The van der Waals surface area contributed by atoms with E-state index in [2.05, 4.69) is 35.3 Å². The summed E-state index contributed by atoms with van der Waals surface area (Å²) in [4.78, 5) is 15.5. The summed E-state index contributed by atoms with van der Waals surface area (Å²) in [7, 11) is 0. The fraction of sp³-hybridized carbons (Fsp3) is 0.448. The van der Waals surface area contributed by atoms with Gasteiger partial charge in [0.15, 0.2) is 0 Å². The number of rotatable bonds is 7. The van der Waals surface area contributed by atoms with Gasteiger partial charge in [-0.3, -0.25) is 4.79 Å². The van der Waals surface area contributed by atoms with Crippen molar-refractivity contribution in [2.75, 3.05) is 6.61 Å². The van der Waals surface area contributed by atoms with Crippen molar-refractivity contribution in [2.45, 2.75) is 76.7 Å². The van der Waals surface area contributed by atoms with Crippen molar-refractivity contribution < 1.29 is 14.3 Å². The third kappa shape index (κ3) is 4.55. The van der Waals surface area contributed by atoms with Crippen LogP contribution in [0, 0.1) is 11.3 Å². The molecule has 5 nitrogen and oxygen atoms in total. The highest BCUT2D eigenvalue weighted by Crippen LogP contribution is 2.40. The first kappa shape index (κ1) is 22.5. The highest BCUT2D eigenvalue weighted by atomic mass is 16.5. The molecule has 2 aliphatic carbocycles. The third-order valence-electron chi connectivity index (χ3n) is 7.47. The van der Waals surface area contributed by atoms with Crippen LogP contribution in [0.3, 0.4) is 0 Å². The number of ether oxygens (including phenoxy) is 2. The van der Waals surface area contributed by atoms with E-state index in [0.29, 0.717) is 25.6 Å². The number of nitrogens with zero attached hydrogens (tertiary/aromatic N) is 1. The van der Waals surface area contributed by atoms with E-state index in [0.717, 1.165) is 40.9 Å². The normalized spacial score (nSPS) is 17.9. The van der Waals surface area contributed by atoms with Crippen LogP contribution in [0.15, 0.2) is 36.4 Å². The molecule has 176 valence electrons. The molecule has 34 heavy (non-hydrogen) atoms. The number of carbonyl (C=O) groups excluding carboxylic acids is 1. The molecule has 1 unspecified atom stereocenters. The van der Waals surface area contributed by atoms with E-state index in [-0.39, 0.29) is 11.9 Å². The van der Waals surface area contributed by atoms with Crippen molar-refractivity contribution in [3.05, 3.63) is 64.3 Å². The SMILES string of the molecule is CCOC(=O)CC1CCc2c1[nH]c1ccc(OCc3ccc(C4CCCCC4)c(C#N)c3)cc21. The van der Waals surface area contributed by atoms with Gasteiger partial charge in [0, 0.05) is 22.5 Å². The lowest BCUT2D eigenvalue weighted by atomic mass is 9.82. The van der Waals surface area contributed by atoms with E-state index in [1.807, 2.05) is 19.1 Å². The van der Waals surface area contributed by atoms with Crippen molar-refractivity contribution >= 4 is 16.9 Å². The molecule has 5 heteroatoms. The van der Waals surface area contributed by atoms with Gasteiger partial charge in [-0.05, 0) is 79.5 Å². The molecule has 1 fully saturated rings. The minimum absolute atomic E-state index is 0.130. The summed E-state index contributed by atoms with van der Waals surface area (Å²) < 4.78 is 11.3. The molecule has 0 spiro atoms. The third-order valence-corrected chi connectivity index (χ3v) is 7.47. The van der Waals surface area contributed by atoms with Crippen LogP contribution in [0.5, 0.6) is 5.75 Å². The number of H-pyrrole nitrogens is 1. The molecule has 2 aliphatic rings. The molecule has 1 atom stereocenters. The van der Waals surface area contributed by atoms with Crippen LogP contribution >= 0.6 is 0 Å². The number of nitrogens with one attached hydrogen (secondary N) is 1. The van der Waals surface area contributed by atoms with E-state index in [4.69, 9.17) is 9.47 Å². The zero-order valence-corrected chi connectivity index (χ0v) is 19.9. The molecule has 1 N–H and O–H groups in total. The maximum Gasteiger partial charge on any atom is 0.306 e. The molecule has 0 bridgehead atoms. The summed E-state index contributed by atoms with van der Waals surface area (Å²) in [6, 6.07) is 14.8. The van der Waals surface area contributed by atoms with Gasteiger partial charge in [-0.1, -0.05) is 31.4 Å². The van der Waals surface area contributed by atoms with E-state index in [9.17, 15) is 10.1 Å². The Morgan fingerprint density at radius 3 is 2.76 bits per heavy atom. The molecular formula is C29H32N2O3. The molecule has 3 aromatic rings. The van der Waals surface area contributed by atoms with Crippen molar-refractivity contribution in [3.8, 4) is 11.8 Å². The zero-order chi connectivity index (χ0) is 23.5. The highest BCUT2D eigenvalue weighted by Gasteiger charge is 2.29. The summed E-state index contributed by atoms with van der Waals surface area (Å²) in [5.74, 6) is 1.40. The monoisotopic (exact) mass is 456 g/mol. The van der Waals surface area contributed by atoms with Crippen molar-refractivity contribution in [3.63, 3.8) is 0 Å². The molecule has 5 rings (SSSR count). The van der Waals surface area contributed by atoms with E-state index >= 15 is 0 Å². The molecule has 1 heterocycles. The van der Waals surface area contributed by atoms with E-state index < -0.39 is 0 Å². The first-order valence-electron chi connectivity index (χ1n) is 12.6. The Hall–Kier alpha value is -3.26. The van der Waals surface area contributed by atoms with Crippen molar-refractivity contribution in [1.82, 2.24) is 4.98 Å². The highest BCUT2D eigenvalue weighted by molar-refractivity contribution is 5.87. The Bertz CT molecular complexity index is 1230. The number of aryl methyl sites for hydroxylation is 1. The molecule has 1 saturated carbocycles. The maximum absolute atomic E-state index is 12.0. The standard InChI is InChI=1S/C29H32N2O3/c1-2-33-28(32)15-21-9-12-25-26-16-23(10-13-27(26)31-29(21)25)34-18-19-8-11-24(22(14-19)17-30)20-6-4-3-5-7-20/h8,10-11,13-14,16,20-21,31H,2-7,9,12,15,18H2,1H3. The lowest BCUT2D eigenvalue weighted by Crippen LogP contribution is -2.08. The Morgan fingerprint density at radius 1 is 1.12 bits per heavy atom. The fourth-order valence-corrected chi connectivity index (χ4v) is 5.77. The number of aromatic amines is 1. The van der Waals surface area contributed by atoms with Gasteiger partial charge < -0.3 is 14.5 Å². The first-order chi connectivity index (χ1) is 16.7. The maximum atomic E-state index is 12.0. The number of aromatic nitrogens is 1. The van der Waals surface area contributed by atoms with Crippen LogP contribution in [0.2, 0.25) is 0 Å². The molecule has 0 saturated heterocycles. The summed E-state index contributed by atoms with van der Waals surface area (Å²) in [6.07, 6.45) is 8.55. The van der Waals surface area contributed by atoms with Crippen LogP contribution < -0.4 is 4.74 Å². The van der Waals surface area contributed by atoms with Crippen molar-refractivity contribution in [2.24, 2.45) is 0 Å². The van der Waals surface area contributed by atoms with Gasteiger partial charge in [0.25, 0.3) is 0 Å². The predicted molar refractivity (Wildman–Crippen MR) is 132 cm³/mol. The molecule has 0 radical (unpaired) electrons. The number of esters is 1. The predicted octanol–water partition coefficient (Wildman–Crippen LogP) is 6.65. The van der Waals surface area contributed by atoms with Gasteiger partial charge in [-0.25, -0.2) is 0 Å². The van der Waals surface area contributed by atoms with Crippen LogP contribution in [-0.2, 0) is 22.6 Å². The number of hydrogen-bond acceptors (Lipinski definition) is 4. The minimum atomic E-state index is -0.130. The lowest BCUT2D eigenvalue weighted by Gasteiger charge is -2.23. The quantitative estimate of drug-likeness (QED) is 0.404. The second-order valence-corrected chi connectivity index (χ2v) is 9.63. The van der Waals surface area contributed by atoms with E-state index in [1.165, 1.54) is 48.6 Å². The molecule has 2 aromatic carbocycles. The van der Waals surface area contributed by atoms with Crippen LogP contribution in [-0.4, -0.2) is 17.6 Å². The average Bonchev–Trinajstić information content (AvgIpc) is 3.42. The zero-order valence-electron chi connectivity index (χ0n) is 19.9. The molecule has 1 aromatic heterocycles. The number of hydrogen-bond donors (Lipinski definition) is 1. The average molecular weight is 457 g/mol. The topological polar surface area (TPSA) is 75.1 Å². The van der Waals surface area contributed by atoms with Crippen LogP contribution in [0.25, 0.3) is 10.9 Å². The van der Waals surface area contributed by atoms with Gasteiger partial charge in [-0.2, -0.15) is 5.26 Å². The Morgan fingerprint density at radius 2 is 1.97 bits per heavy atom. The summed E-state index contributed by atoms with van der Waals surface area (Å²) in [5, 5.41) is 10.9. The summed E-state index contributed by atoms with van der Waals surface area (Å²) in [6.45, 7) is 2.70. The van der Waals surface area contributed by atoms with E-state index in [1.54, 1.807) is 0 Å². The second kappa shape index (κ2) is 9.93. The van der Waals surface area contributed by atoms with Gasteiger partial charge in [-0.15, -0.1) is 0 Å². The number of nitriles is 1. The minimum Gasteiger partial charge on any atom is -0.489 e. The number of carbonyl (C=O) groups is 1. The largest absolute Gasteiger partial charge is 0.489 e. The van der Waals surface area contributed by atoms with Gasteiger partial charge >= 0.3 is 5.97 Å².